The Morgan fingerprint density at radius 3 is 2.36 bits per heavy atom. The largest absolute Gasteiger partial charge is 0.497 e. The van der Waals surface area contributed by atoms with Gasteiger partial charge in [0.2, 0.25) is 11.8 Å². The molecule has 4 rings (SSSR count). The number of hydrogen-bond acceptors (Lipinski definition) is 8. The van der Waals surface area contributed by atoms with Gasteiger partial charge in [0.1, 0.15) is 36.3 Å². The third-order valence-corrected chi connectivity index (χ3v) is 6.61. The van der Waals surface area contributed by atoms with Gasteiger partial charge in [-0.2, -0.15) is 0 Å². The molecule has 190 valence electrons. The van der Waals surface area contributed by atoms with Crippen LogP contribution in [0.25, 0.3) is 22.1 Å². The second-order valence-corrected chi connectivity index (χ2v) is 9.03. The normalized spacial score (nSPS) is 13.4. The van der Waals surface area contributed by atoms with Gasteiger partial charge in [0, 0.05) is 12.6 Å². The Kier molecular flexibility index (Phi) is 7.37. The molecule has 4 aromatic rings. The van der Waals surface area contributed by atoms with E-state index < -0.39 is 6.04 Å². The summed E-state index contributed by atoms with van der Waals surface area (Å²) in [4.78, 5) is 38.7. The van der Waals surface area contributed by atoms with Crippen LogP contribution in [0.5, 0.6) is 11.5 Å². The SMILES string of the molecule is COc1ccc2ncn(C(=O)C(C)N(C)CCOc3cccc4ncn(C(=O)C(C)N(C)C)c34)c2c1. The monoisotopic (exact) mass is 492 g/mol. The van der Waals surface area contributed by atoms with Crippen LogP contribution in [0.2, 0.25) is 0 Å². The van der Waals surface area contributed by atoms with Crippen molar-refractivity contribution in [3.8, 4) is 11.5 Å². The summed E-state index contributed by atoms with van der Waals surface area (Å²) in [5.41, 5.74) is 2.76. The molecule has 2 unspecified atom stereocenters. The van der Waals surface area contributed by atoms with Crippen LogP contribution >= 0.6 is 0 Å². The van der Waals surface area contributed by atoms with E-state index in [4.69, 9.17) is 9.47 Å². The zero-order valence-electron chi connectivity index (χ0n) is 21.5. The van der Waals surface area contributed by atoms with Crippen LogP contribution in [0, 0.1) is 0 Å². The second kappa shape index (κ2) is 10.5. The maximum absolute atomic E-state index is 13.2. The molecule has 10 heteroatoms. The Labute approximate surface area is 210 Å². The average Bonchev–Trinajstić information content (AvgIpc) is 3.51. The van der Waals surface area contributed by atoms with Crippen molar-refractivity contribution in [1.29, 1.82) is 0 Å². The van der Waals surface area contributed by atoms with Gasteiger partial charge in [-0.1, -0.05) is 6.07 Å². The molecule has 2 atom stereocenters. The predicted octanol–water partition coefficient (Wildman–Crippen LogP) is 3.02. The molecule has 0 aliphatic carbocycles. The van der Waals surface area contributed by atoms with Crippen molar-refractivity contribution >= 4 is 33.9 Å². The Morgan fingerprint density at radius 2 is 1.64 bits per heavy atom. The number of carbonyl (C=O) groups is 2. The number of carbonyl (C=O) groups excluding carboxylic acids is 2. The lowest BCUT2D eigenvalue weighted by atomic mass is 10.2. The zero-order valence-corrected chi connectivity index (χ0v) is 21.5. The minimum Gasteiger partial charge on any atom is -0.497 e. The molecule has 0 aliphatic rings. The summed E-state index contributed by atoms with van der Waals surface area (Å²) in [7, 11) is 7.19. The molecular weight excluding hydrogens is 460 g/mol. The summed E-state index contributed by atoms with van der Waals surface area (Å²) >= 11 is 0. The third-order valence-electron chi connectivity index (χ3n) is 6.61. The van der Waals surface area contributed by atoms with E-state index in [1.54, 1.807) is 28.6 Å². The van der Waals surface area contributed by atoms with Crippen LogP contribution in [0.15, 0.2) is 49.1 Å². The Morgan fingerprint density at radius 1 is 0.944 bits per heavy atom. The fourth-order valence-corrected chi connectivity index (χ4v) is 3.91. The lowest BCUT2D eigenvalue weighted by molar-refractivity contribution is 0.0768. The first-order chi connectivity index (χ1) is 17.2. The van der Waals surface area contributed by atoms with Crippen molar-refractivity contribution in [3.63, 3.8) is 0 Å². The van der Waals surface area contributed by atoms with E-state index in [0.717, 1.165) is 5.52 Å². The molecule has 0 bridgehead atoms. The lowest BCUT2D eigenvalue weighted by Crippen LogP contribution is -2.40. The molecule has 0 saturated heterocycles. The van der Waals surface area contributed by atoms with Crippen molar-refractivity contribution in [2.24, 2.45) is 0 Å². The first-order valence-electron chi connectivity index (χ1n) is 11.8. The zero-order chi connectivity index (χ0) is 26.0. The van der Waals surface area contributed by atoms with E-state index in [0.29, 0.717) is 41.2 Å². The number of methoxy groups -OCH3 is 1. The van der Waals surface area contributed by atoms with Gasteiger partial charge in [-0.15, -0.1) is 0 Å². The van der Waals surface area contributed by atoms with E-state index in [-0.39, 0.29) is 17.9 Å². The van der Waals surface area contributed by atoms with Crippen LogP contribution in [0.3, 0.4) is 0 Å². The smallest absolute Gasteiger partial charge is 0.249 e. The van der Waals surface area contributed by atoms with Crippen molar-refractivity contribution in [2.45, 2.75) is 25.9 Å². The van der Waals surface area contributed by atoms with Crippen molar-refractivity contribution in [3.05, 3.63) is 49.1 Å². The van der Waals surface area contributed by atoms with Gasteiger partial charge in [-0.05, 0) is 59.3 Å². The van der Waals surface area contributed by atoms with Crippen LogP contribution < -0.4 is 9.47 Å². The van der Waals surface area contributed by atoms with Crippen molar-refractivity contribution < 1.29 is 19.1 Å². The van der Waals surface area contributed by atoms with Gasteiger partial charge in [-0.25, -0.2) is 9.97 Å². The summed E-state index contributed by atoms with van der Waals surface area (Å²) in [6, 6.07) is 10.3. The van der Waals surface area contributed by atoms with Crippen LogP contribution in [-0.2, 0) is 0 Å². The molecule has 10 nitrogen and oxygen atoms in total. The quantitative estimate of drug-likeness (QED) is 0.352. The summed E-state index contributed by atoms with van der Waals surface area (Å²) < 4.78 is 14.5. The number of nitrogens with zero attached hydrogens (tertiary/aromatic N) is 6. The average molecular weight is 493 g/mol. The fourth-order valence-electron chi connectivity index (χ4n) is 3.91. The molecule has 0 aliphatic heterocycles. The van der Waals surface area contributed by atoms with E-state index in [9.17, 15) is 9.59 Å². The molecule has 36 heavy (non-hydrogen) atoms. The standard InChI is InChI=1S/C26H32N6O4/c1-17(29(3)4)25(33)32-16-28-21-8-7-9-23(24(21)32)36-13-12-30(5)18(2)26(34)31-15-27-20-11-10-19(35-6)14-22(20)31/h7-11,14-18H,12-13H2,1-6H3. The first kappa shape index (κ1) is 25.3. The number of imidazole rings is 2. The topological polar surface area (TPSA) is 94.7 Å². The minimum atomic E-state index is -0.416. The van der Waals surface area contributed by atoms with Gasteiger partial charge < -0.3 is 9.47 Å². The van der Waals surface area contributed by atoms with Crippen molar-refractivity contribution in [1.82, 2.24) is 28.9 Å². The van der Waals surface area contributed by atoms with E-state index in [1.807, 2.05) is 75.1 Å². The number of fused-ring (bicyclic) bond motifs is 2. The summed E-state index contributed by atoms with van der Waals surface area (Å²) in [5.74, 6) is 1.05. The summed E-state index contributed by atoms with van der Waals surface area (Å²) in [5, 5.41) is 0. The number of ether oxygens (including phenoxy) is 2. The Bertz CT molecular complexity index is 1390. The molecule has 0 spiro atoms. The van der Waals surface area contributed by atoms with Gasteiger partial charge in [0.05, 0.1) is 35.7 Å². The van der Waals surface area contributed by atoms with E-state index in [1.165, 1.54) is 6.33 Å². The highest BCUT2D eigenvalue weighted by atomic mass is 16.5. The third kappa shape index (κ3) is 4.82. The van der Waals surface area contributed by atoms with Crippen LogP contribution in [0.4, 0.5) is 0 Å². The molecule has 0 radical (unpaired) electrons. The minimum absolute atomic E-state index is 0.0842. The second-order valence-electron chi connectivity index (χ2n) is 9.03. The summed E-state index contributed by atoms with van der Waals surface area (Å²) in [6.07, 6.45) is 3.08. The Hall–Kier alpha value is -3.76. The Balaban J connectivity index is 1.45. The molecule has 0 N–H and O–H groups in total. The highest BCUT2D eigenvalue weighted by Gasteiger charge is 2.23. The van der Waals surface area contributed by atoms with Crippen LogP contribution in [0.1, 0.15) is 23.4 Å². The molecule has 0 amide bonds. The fraction of sp³-hybridized carbons (Fsp3) is 0.385. The molecule has 2 aromatic carbocycles. The summed E-state index contributed by atoms with van der Waals surface area (Å²) in [6.45, 7) is 4.53. The number of para-hydroxylation sites is 1. The maximum Gasteiger partial charge on any atom is 0.249 e. The predicted molar refractivity (Wildman–Crippen MR) is 138 cm³/mol. The van der Waals surface area contributed by atoms with Crippen LogP contribution in [-0.4, -0.2) is 94.2 Å². The van der Waals surface area contributed by atoms with Crippen molar-refractivity contribution in [2.75, 3.05) is 41.4 Å². The van der Waals surface area contributed by atoms with Gasteiger partial charge >= 0.3 is 0 Å². The van der Waals surface area contributed by atoms with E-state index >= 15 is 0 Å². The molecule has 0 saturated carbocycles. The number of hydrogen-bond donors (Lipinski definition) is 0. The highest BCUT2D eigenvalue weighted by molar-refractivity contribution is 5.95. The highest BCUT2D eigenvalue weighted by Crippen LogP contribution is 2.26. The van der Waals surface area contributed by atoms with Gasteiger partial charge in [-0.3, -0.25) is 28.5 Å². The first-order valence-corrected chi connectivity index (χ1v) is 11.8. The van der Waals surface area contributed by atoms with Gasteiger partial charge in [0.25, 0.3) is 0 Å². The molecule has 0 fully saturated rings. The van der Waals surface area contributed by atoms with E-state index in [2.05, 4.69) is 9.97 Å². The lowest BCUT2D eigenvalue weighted by Gasteiger charge is -2.24. The maximum atomic E-state index is 13.2. The molecule has 2 heterocycles. The molecule has 2 aromatic heterocycles. The number of likely N-dealkylation sites (N-methyl/N-ethyl adjacent to an activating group) is 2. The number of benzene rings is 2. The number of rotatable bonds is 9. The van der Waals surface area contributed by atoms with Gasteiger partial charge in [0.15, 0.2) is 0 Å². The molecular formula is C26H32N6O4. The number of aromatic nitrogens is 4.